The van der Waals surface area contributed by atoms with E-state index >= 15 is 0 Å². The van der Waals surface area contributed by atoms with E-state index in [9.17, 15) is 9.59 Å². The summed E-state index contributed by atoms with van der Waals surface area (Å²) in [5.74, 6) is -1.31. The second-order valence-electron chi connectivity index (χ2n) is 6.62. The number of hydrogen-bond acceptors (Lipinski definition) is 6. The van der Waals surface area contributed by atoms with Gasteiger partial charge >= 0.3 is 18.2 Å². The average molecular weight is 384 g/mol. The fourth-order valence-electron chi connectivity index (χ4n) is 2.28. The molecule has 0 aliphatic carbocycles. The van der Waals surface area contributed by atoms with Gasteiger partial charge in [-0.3, -0.25) is 9.78 Å². The first-order chi connectivity index (χ1) is 13.4. The van der Waals surface area contributed by atoms with E-state index in [0.29, 0.717) is 17.5 Å². The number of aryl methyl sites for hydroxylation is 2. The van der Waals surface area contributed by atoms with Gasteiger partial charge in [0.05, 0.1) is 11.1 Å². The number of benzene rings is 2. The number of hydrogen-bond donors (Lipinski definition) is 0. The van der Waals surface area contributed by atoms with Gasteiger partial charge in [-0.25, -0.2) is 9.59 Å². The first-order valence-electron chi connectivity index (χ1n) is 8.95. The van der Waals surface area contributed by atoms with Gasteiger partial charge in [0.1, 0.15) is 0 Å². The van der Waals surface area contributed by atoms with Crippen molar-refractivity contribution in [2.75, 3.05) is 0 Å². The lowest BCUT2D eigenvalue weighted by Crippen LogP contribution is -2.18. The van der Waals surface area contributed by atoms with Crippen LogP contribution in [-0.4, -0.2) is 11.9 Å². The van der Waals surface area contributed by atoms with Crippen LogP contribution in [0.1, 0.15) is 51.6 Å². The minimum atomic E-state index is -0.683. The van der Waals surface area contributed by atoms with Crippen LogP contribution in [0.2, 0.25) is 0 Å². The van der Waals surface area contributed by atoms with E-state index in [4.69, 9.17) is 19.6 Å². The predicted octanol–water partition coefficient (Wildman–Crippen LogP) is 4.92. The Morgan fingerprint density at radius 3 is 1.71 bits per heavy atom. The van der Waals surface area contributed by atoms with Crippen molar-refractivity contribution in [3.8, 4) is 0 Å². The Labute approximate surface area is 165 Å². The van der Waals surface area contributed by atoms with Crippen LogP contribution in [-0.2, 0) is 19.6 Å². The van der Waals surface area contributed by atoms with Gasteiger partial charge in [0.25, 0.3) is 0 Å². The van der Waals surface area contributed by atoms with Gasteiger partial charge in [-0.05, 0) is 44.0 Å². The average Bonchev–Trinajstić information content (AvgIpc) is 2.69. The number of carbonyl (C=O) groups is 2. The molecule has 2 aromatic carbocycles. The third kappa shape index (κ3) is 6.79. The molecule has 28 heavy (non-hydrogen) atoms. The van der Waals surface area contributed by atoms with Crippen molar-refractivity contribution in [2.24, 2.45) is 5.92 Å². The normalized spacial score (nSPS) is 11.9. The molecule has 0 N–H and O–H groups in total. The van der Waals surface area contributed by atoms with E-state index in [1.165, 1.54) is 0 Å². The van der Waals surface area contributed by atoms with E-state index in [2.05, 4.69) is 6.92 Å². The summed E-state index contributed by atoms with van der Waals surface area (Å²) in [6.45, 7) is 9.43. The topological polar surface area (TPSA) is 71.1 Å². The Hall–Kier alpha value is -2.70. The lowest BCUT2D eigenvalue weighted by molar-refractivity contribution is -0.365. The fourth-order valence-corrected chi connectivity index (χ4v) is 2.28. The van der Waals surface area contributed by atoms with Crippen LogP contribution in [0.5, 0.6) is 0 Å². The lowest BCUT2D eigenvalue weighted by Gasteiger charge is -2.16. The van der Waals surface area contributed by atoms with Crippen LogP contribution in [0.25, 0.3) is 0 Å². The molecular formula is C22H24O6. The van der Waals surface area contributed by atoms with Gasteiger partial charge in [0.15, 0.2) is 0 Å². The van der Waals surface area contributed by atoms with Crippen molar-refractivity contribution in [3.05, 3.63) is 84.0 Å². The van der Waals surface area contributed by atoms with Crippen molar-refractivity contribution in [1.82, 2.24) is 0 Å². The molecule has 1 atom stereocenters. The third-order valence-corrected chi connectivity index (χ3v) is 3.94. The van der Waals surface area contributed by atoms with Crippen molar-refractivity contribution in [2.45, 2.75) is 33.6 Å². The minimum Gasteiger partial charge on any atom is -0.289 e. The van der Waals surface area contributed by atoms with Gasteiger partial charge in [-0.15, -0.1) is 9.78 Å². The second kappa shape index (κ2) is 10.6. The molecule has 6 heteroatoms. The molecule has 148 valence electrons. The molecule has 2 aromatic rings. The van der Waals surface area contributed by atoms with Crippen LogP contribution < -0.4 is 0 Å². The first kappa shape index (κ1) is 21.6. The third-order valence-electron chi connectivity index (χ3n) is 3.94. The Bertz CT molecular complexity index is 740. The number of rotatable bonds is 9. The van der Waals surface area contributed by atoms with Crippen molar-refractivity contribution < 1.29 is 29.1 Å². The van der Waals surface area contributed by atoms with Crippen LogP contribution >= 0.6 is 0 Å². The summed E-state index contributed by atoms with van der Waals surface area (Å²) in [4.78, 5) is 43.9. The Kier molecular flexibility index (Phi) is 8.17. The van der Waals surface area contributed by atoms with Crippen LogP contribution in [0.3, 0.4) is 0 Å². The largest absolute Gasteiger partial charge is 0.373 e. The van der Waals surface area contributed by atoms with E-state index in [0.717, 1.165) is 11.1 Å². The van der Waals surface area contributed by atoms with Crippen molar-refractivity contribution in [3.63, 3.8) is 0 Å². The molecule has 2 radical (unpaired) electrons. The van der Waals surface area contributed by atoms with Crippen LogP contribution in [0.4, 0.5) is 0 Å². The van der Waals surface area contributed by atoms with E-state index < -0.39 is 11.9 Å². The molecule has 0 aliphatic heterocycles. The first-order valence-corrected chi connectivity index (χ1v) is 8.95. The molecule has 0 saturated carbocycles. The highest BCUT2D eigenvalue weighted by Crippen LogP contribution is 2.21. The molecule has 0 aliphatic rings. The number of carbonyl (C=O) groups excluding carboxylic acids is 2. The SMILES string of the molecule is [CH2]CC(C)C[C](OOC(=O)c1cccc(C)c1)OOC(=O)c1cccc(C)c1. The maximum absolute atomic E-state index is 12.1. The Balaban J connectivity index is 1.95. The molecule has 0 fully saturated rings. The highest BCUT2D eigenvalue weighted by molar-refractivity contribution is 5.89. The van der Waals surface area contributed by atoms with E-state index in [-0.39, 0.29) is 18.6 Å². The molecule has 0 spiro atoms. The molecule has 6 nitrogen and oxygen atoms in total. The molecule has 0 amide bonds. The maximum atomic E-state index is 12.1. The molecule has 0 heterocycles. The predicted molar refractivity (Wildman–Crippen MR) is 102 cm³/mol. The highest BCUT2D eigenvalue weighted by atomic mass is 17.3. The maximum Gasteiger partial charge on any atom is 0.373 e. The molecule has 0 aromatic heterocycles. The standard InChI is InChI=1S/C22H24O6/c1-5-15(2)14-20(25-27-21(23)18-10-6-8-16(3)12-18)26-28-22(24)19-11-7-9-17(4)13-19/h6-13,15H,1,5,14H2,2-4H3. The summed E-state index contributed by atoms with van der Waals surface area (Å²) in [5.41, 5.74) is 2.49. The van der Waals surface area contributed by atoms with E-state index in [1.54, 1.807) is 36.4 Å². The second-order valence-corrected chi connectivity index (χ2v) is 6.62. The lowest BCUT2D eigenvalue weighted by atomic mass is 10.1. The van der Waals surface area contributed by atoms with E-state index in [1.807, 2.05) is 32.9 Å². The minimum absolute atomic E-state index is 0.0605. The summed E-state index contributed by atoms with van der Waals surface area (Å²) < 4.78 is 0. The highest BCUT2D eigenvalue weighted by Gasteiger charge is 2.23. The molecule has 2 rings (SSSR count). The zero-order valence-corrected chi connectivity index (χ0v) is 16.3. The van der Waals surface area contributed by atoms with Crippen LogP contribution in [0, 0.1) is 33.0 Å². The zero-order valence-electron chi connectivity index (χ0n) is 16.3. The smallest absolute Gasteiger partial charge is 0.289 e. The Morgan fingerprint density at radius 1 is 0.857 bits per heavy atom. The van der Waals surface area contributed by atoms with Crippen molar-refractivity contribution >= 4 is 11.9 Å². The summed E-state index contributed by atoms with van der Waals surface area (Å²) in [6, 6.07) is 13.7. The van der Waals surface area contributed by atoms with Crippen molar-refractivity contribution in [1.29, 1.82) is 0 Å². The fraction of sp³-hybridized carbons (Fsp3) is 0.273. The Morgan fingerprint density at radius 2 is 1.32 bits per heavy atom. The zero-order chi connectivity index (χ0) is 20.5. The van der Waals surface area contributed by atoms with Gasteiger partial charge in [-0.2, -0.15) is 0 Å². The summed E-state index contributed by atoms with van der Waals surface area (Å²) in [7, 11) is 0. The molecule has 0 saturated heterocycles. The summed E-state index contributed by atoms with van der Waals surface area (Å²) >= 11 is 0. The molecular weight excluding hydrogens is 360 g/mol. The quantitative estimate of drug-likeness (QED) is 0.451. The van der Waals surface area contributed by atoms with Gasteiger partial charge in [-0.1, -0.05) is 55.7 Å². The summed E-state index contributed by atoms with van der Waals surface area (Å²) in [5, 5.41) is 0. The van der Waals surface area contributed by atoms with Crippen LogP contribution in [0.15, 0.2) is 48.5 Å². The molecule has 0 bridgehead atoms. The van der Waals surface area contributed by atoms with Gasteiger partial charge in [0.2, 0.25) is 0 Å². The van der Waals surface area contributed by atoms with Gasteiger partial charge < -0.3 is 0 Å². The summed E-state index contributed by atoms with van der Waals surface area (Å²) in [6.07, 6.45) is 0.692. The monoisotopic (exact) mass is 384 g/mol. The van der Waals surface area contributed by atoms with Gasteiger partial charge in [0, 0.05) is 6.42 Å². The molecule has 1 unspecified atom stereocenters.